The summed E-state index contributed by atoms with van der Waals surface area (Å²) in [6.07, 6.45) is 7.75. The zero-order chi connectivity index (χ0) is 17.6. The van der Waals surface area contributed by atoms with Crippen molar-refractivity contribution >= 4 is 32.7 Å². The lowest BCUT2D eigenvalue weighted by molar-refractivity contribution is 0.224. The summed E-state index contributed by atoms with van der Waals surface area (Å²) in [6, 6.07) is 0. The van der Waals surface area contributed by atoms with Crippen LogP contribution in [0.4, 0.5) is 0 Å². The van der Waals surface area contributed by atoms with Crippen LogP contribution < -0.4 is 0 Å². The van der Waals surface area contributed by atoms with Gasteiger partial charge in [-0.1, -0.05) is 70.9 Å². The van der Waals surface area contributed by atoms with Gasteiger partial charge in [0.1, 0.15) is 0 Å². The SMILES string of the molecule is CC1=C([SiH2]C2=C(C)C(C)(C3CCCCC3)C(Cl)=C2C)C(C)=C(Cl)C1. The first-order chi connectivity index (χ1) is 11.3. The molecular weight excluding hydrogens is 351 g/mol. The van der Waals surface area contributed by atoms with E-state index in [9.17, 15) is 0 Å². The second-order valence-electron chi connectivity index (χ2n) is 8.22. The molecule has 1 unspecified atom stereocenters. The molecule has 0 aromatic rings. The Balaban J connectivity index is 1.97. The predicted molar refractivity (Wildman–Crippen MR) is 110 cm³/mol. The molecule has 0 bridgehead atoms. The molecule has 132 valence electrons. The summed E-state index contributed by atoms with van der Waals surface area (Å²) in [5.74, 6) is 0.721. The van der Waals surface area contributed by atoms with E-state index in [-0.39, 0.29) is 5.41 Å². The molecule has 0 nitrogen and oxygen atoms in total. The summed E-state index contributed by atoms with van der Waals surface area (Å²) in [5, 5.41) is 5.37. The number of hydrogen-bond acceptors (Lipinski definition) is 0. The first kappa shape index (κ1) is 18.5. The Morgan fingerprint density at radius 2 is 1.54 bits per heavy atom. The molecule has 0 amide bonds. The predicted octanol–water partition coefficient (Wildman–Crippen LogP) is 6.73. The maximum absolute atomic E-state index is 6.99. The van der Waals surface area contributed by atoms with Gasteiger partial charge in [0.2, 0.25) is 0 Å². The van der Waals surface area contributed by atoms with E-state index >= 15 is 0 Å². The fraction of sp³-hybridized carbons (Fsp3) is 0.619. The van der Waals surface area contributed by atoms with Crippen molar-refractivity contribution in [3.05, 3.63) is 42.7 Å². The lowest BCUT2D eigenvalue weighted by Crippen LogP contribution is -2.30. The summed E-state index contributed by atoms with van der Waals surface area (Å²) in [6.45, 7) is 11.5. The lowest BCUT2D eigenvalue weighted by atomic mass is 9.67. The number of rotatable bonds is 3. The minimum atomic E-state index is -0.519. The van der Waals surface area contributed by atoms with Crippen molar-refractivity contribution in [1.82, 2.24) is 0 Å². The largest absolute Gasteiger partial charge is 0.0885 e. The molecule has 3 heteroatoms. The normalized spacial score (nSPS) is 30.1. The molecule has 0 spiro atoms. The highest BCUT2D eigenvalue weighted by atomic mass is 35.5. The van der Waals surface area contributed by atoms with E-state index in [1.807, 2.05) is 0 Å². The molecule has 3 aliphatic carbocycles. The van der Waals surface area contributed by atoms with Crippen LogP contribution in [0.15, 0.2) is 42.7 Å². The Kier molecular flexibility index (Phi) is 5.27. The van der Waals surface area contributed by atoms with Gasteiger partial charge in [-0.25, -0.2) is 0 Å². The van der Waals surface area contributed by atoms with Crippen molar-refractivity contribution in [3.63, 3.8) is 0 Å². The van der Waals surface area contributed by atoms with Gasteiger partial charge in [-0.15, -0.1) is 0 Å². The Bertz CT molecular complexity index is 687. The van der Waals surface area contributed by atoms with Gasteiger partial charge >= 0.3 is 0 Å². The average Bonchev–Trinajstić information content (AvgIpc) is 2.91. The maximum atomic E-state index is 6.99. The summed E-state index contributed by atoms with van der Waals surface area (Å²) < 4.78 is 0. The number of allylic oxidation sites excluding steroid dienone is 8. The second-order valence-corrected chi connectivity index (χ2v) is 10.8. The van der Waals surface area contributed by atoms with Gasteiger partial charge in [-0.3, -0.25) is 0 Å². The third-order valence-corrected chi connectivity index (χ3v) is 11.0. The molecule has 3 aliphatic rings. The second kappa shape index (κ2) is 6.82. The van der Waals surface area contributed by atoms with E-state index in [1.54, 1.807) is 16.0 Å². The van der Waals surface area contributed by atoms with Crippen LogP contribution in [-0.4, -0.2) is 9.52 Å². The van der Waals surface area contributed by atoms with Gasteiger partial charge in [-0.05, 0) is 57.6 Å². The Hall–Kier alpha value is -0.243. The van der Waals surface area contributed by atoms with Crippen molar-refractivity contribution in [2.75, 3.05) is 0 Å². The van der Waals surface area contributed by atoms with E-state index in [4.69, 9.17) is 23.2 Å². The smallest absolute Gasteiger partial charge is 0.0882 e. The quantitative estimate of drug-likeness (QED) is 0.475. The van der Waals surface area contributed by atoms with E-state index < -0.39 is 9.52 Å². The molecule has 1 saturated carbocycles. The van der Waals surface area contributed by atoms with Gasteiger partial charge in [0.15, 0.2) is 0 Å². The minimum Gasteiger partial charge on any atom is -0.0885 e. The van der Waals surface area contributed by atoms with Crippen LogP contribution in [-0.2, 0) is 0 Å². The molecule has 1 atom stereocenters. The van der Waals surface area contributed by atoms with Crippen LogP contribution in [0.1, 0.15) is 73.1 Å². The summed E-state index contributed by atoms with van der Waals surface area (Å²) in [4.78, 5) is 0. The van der Waals surface area contributed by atoms with E-state index in [0.717, 1.165) is 22.4 Å². The highest BCUT2D eigenvalue weighted by Crippen LogP contribution is 2.56. The van der Waals surface area contributed by atoms with Crippen LogP contribution in [0.25, 0.3) is 0 Å². The Morgan fingerprint density at radius 1 is 0.917 bits per heavy atom. The van der Waals surface area contributed by atoms with Crippen LogP contribution in [0.2, 0.25) is 0 Å². The number of halogens is 2. The van der Waals surface area contributed by atoms with Crippen LogP contribution in [0, 0.1) is 11.3 Å². The minimum absolute atomic E-state index is 0.0862. The number of hydrogen-bond donors (Lipinski definition) is 0. The molecule has 0 heterocycles. The van der Waals surface area contributed by atoms with Crippen molar-refractivity contribution in [2.45, 2.75) is 73.1 Å². The summed E-state index contributed by atoms with van der Waals surface area (Å²) in [7, 11) is -0.519. The zero-order valence-corrected chi connectivity index (χ0v) is 18.7. The standard InChI is InChI=1S/C21H30Cl2Si/c1-12-11-17(22)13(2)18(12)24-19-14(3)20(23)21(5,15(19)4)16-9-7-6-8-10-16/h16H,6-11,24H2,1-5H3. The zero-order valence-electron chi connectivity index (χ0n) is 15.8. The summed E-state index contributed by atoms with van der Waals surface area (Å²) >= 11 is 13.4. The van der Waals surface area contributed by atoms with Crippen molar-refractivity contribution in [3.8, 4) is 0 Å². The first-order valence-corrected chi connectivity index (χ1v) is 11.6. The van der Waals surface area contributed by atoms with Crippen molar-refractivity contribution in [1.29, 1.82) is 0 Å². The molecule has 0 N–H and O–H groups in total. The Labute approximate surface area is 159 Å². The summed E-state index contributed by atoms with van der Waals surface area (Å²) in [5.41, 5.74) is 5.86. The molecule has 3 rings (SSSR count). The lowest BCUT2D eigenvalue weighted by Gasteiger charge is -2.39. The monoisotopic (exact) mass is 380 g/mol. The van der Waals surface area contributed by atoms with Crippen molar-refractivity contribution < 1.29 is 0 Å². The maximum Gasteiger partial charge on any atom is 0.0882 e. The van der Waals surface area contributed by atoms with Gasteiger partial charge in [0, 0.05) is 21.9 Å². The fourth-order valence-corrected chi connectivity index (χ4v) is 8.41. The molecule has 0 saturated heterocycles. The molecule has 0 aliphatic heterocycles. The highest BCUT2D eigenvalue weighted by molar-refractivity contribution is 6.58. The van der Waals surface area contributed by atoms with Gasteiger partial charge < -0.3 is 0 Å². The molecule has 0 radical (unpaired) electrons. The Morgan fingerprint density at radius 3 is 2.08 bits per heavy atom. The molecule has 1 fully saturated rings. The van der Waals surface area contributed by atoms with E-state index in [0.29, 0.717) is 0 Å². The van der Waals surface area contributed by atoms with Crippen LogP contribution in [0.3, 0.4) is 0 Å². The molecular formula is C21H30Cl2Si. The highest BCUT2D eigenvalue weighted by Gasteiger charge is 2.45. The topological polar surface area (TPSA) is 0 Å². The van der Waals surface area contributed by atoms with Crippen LogP contribution >= 0.6 is 23.2 Å². The van der Waals surface area contributed by atoms with Crippen molar-refractivity contribution in [2.24, 2.45) is 11.3 Å². The molecule has 0 aromatic heterocycles. The molecule has 0 aromatic carbocycles. The van der Waals surface area contributed by atoms with Crippen LogP contribution in [0.5, 0.6) is 0 Å². The third-order valence-electron chi connectivity index (χ3n) is 7.04. The fourth-order valence-electron chi connectivity index (χ4n) is 5.13. The van der Waals surface area contributed by atoms with Gasteiger partial charge in [-0.2, -0.15) is 0 Å². The first-order valence-electron chi connectivity index (χ1n) is 9.40. The third kappa shape index (κ3) is 2.81. The van der Waals surface area contributed by atoms with Gasteiger partial charge in [0.25, 0.3) is 0 Å². The molecule has 24 heavy (non-hydrogen) atoms. The van der Waals surface area contributed by atoms with E-state index in [1.165, 1.54) is 48.8 Å². The average molecular weight is 381 g/mol. The van der Waals surface area contributed by atoms with Gasteiger partial charge in [0.05, 0.1) is 9.52 Å². The van der Waals surface area contributed by atoms with E-state index in [2.05, 4.69) is 34.6 Å².